The average molecular weight is 476 g/mol. The molecule has 30 heavy (non-hydrogen) atoms. The second-order valence-corrected chi connectivity index (χ2v) is 10.6. The molecule has 2 fully saturated rings. The number of nitrogens with one attached hydrogen (secondary N) is 1. The van der Waals surface area contributed by atoms with E-state index in [2.05, 4.69) is 4.72 Å². The van der Waals surface area contributed by atoms with Crippen LogP contribution in [-0.2, 0) is 24.3 Å². The van der Waals surface area contributed by atoms with Crippen LogP contribution < -0.4 is 4.72 Å². The third-order valence-corrected chi connectivity index (χ3v) is 7.85. The van der Waals surface area contributed by atoms with Gasteiger partial charge in [0.1, 0.15) is 12.1 Å². The van der Waals surface area contributed by atoms with Gasteiger partial charge in [0.05, 0.1) is 23.0 Å². The number of allylic oxidation sites excluding steroid dienone is 1. The standard InChI is InChI=1S/C19H26ClN3O5S2/c1-3-15(19(25)22-8-10-28-11-9-22)23-7-6-14(18(23)24)21-30(26,27)12-13(2)16-4-5-17(20)29-16/h4-5,12,14-15,21H,3,6-11H2,1-2H3/t14-,15-/m0/s1. The Kier molecular flexibility index (Phi) is 7.56. The van der Waals surface area contributed by atoms with E-state index in [0.29, 0.717) is 55.6 Å². The summed E-state index contributed by atoms with van der Waals surface area (Å²) in [5.41, 5.74) is 0.538. The quantitative estimate of drug-likeness (QED) is 0.650. The van der Waals surface area contributed by atoms with Crippen molar-refractivity contribution in [1.82, 2.24) is 14.5 Å². The molecule has 2 amide bonds. The molecule has 166 valence electrons. The topological polar surface area (TPSA) is 96.0 Å². The number of halogens is 1. The summed E-state index contributed by atoms with van der Waals surface area (Å²) in [4.78, 5) is 29.7. The highest BCUT2D eigenvalue weighted by molar-refractivity contribution is 7.92. The third-order valence-electron chi connectivity index (χ3n) is 5.21. The highest BCUT2D eigenvalue weighted by Crippen LogP contribution is 2.28. The molecule has 1 aromatic rings. The summed E-state index contributed by atoms with van der Waals surface area (Å²) in [5, 5.41) is 1.11. The monoisotopic (exact) mass is 475 g/mol. The maximum atomic E-state index is 12.9. The van der Waals surface area contributed by atoms with Gasteiger partial charge in [-0.05, 0) is 37.5 Å². The molecule has 0 aromatic carbocycles. The summed E-state index contributed by atoms with van der Waals surface area (Å²) >= 11 is 7.19. The molecule has 2 atom stereocenters. The summed E-state index contributed by atoms with van der Waals surface area (Å²) < 4.78 is 33.5. The van der Waals surface area contributed by atoms with Gasteiger partial charge in [0.15, 0.2) is 0 Å². The average Bonchev–Trinajstić information content (AvgIpc) is 3.29. The number of amides is 2. The van der Waals surface area contributed by atoms with E-state index in [1.807, 2.05) is 6.92 Å². The Morgan fingerprint density at radius 3 is 2.67 bits per heavy atom. The predicted molar refractivity (Wildman–Crippen MR) is 117 cm³/mol. The zero-order valence-corrected chi connectivity index (χ0v) is 19.4. The smallest absolute Gasteiger partial charge is 0.245 e. The van der Waals surface area contributed by atoms with E-state index in [0.717, 1.165) is 10.3 Å². The van der Waals surface area contributed by atoms with Gasteiger partial charge in [0.2, 0.25) is 21.8 Å². The third kappa shape index (κ3) is 5.42. The first kappa shape index (κ1) is 23.2. The summed E-state index contributed by atoms with van der Waals surface area (Å²) in [7, 11) is -3.84. The minimum atomic E-state index is -3.84. The molecular weight excluding hydrogens is 450 g/mol. The van der Waals surface area contributed by atoms with Gasteiger partial charge < -0.3 is 14.5 Å². The lowest BCUT2D eigenvalue weighted by atomic mass is 10.1. The first-order valence-electron chi connectivity index (χ1n) is 9.85. The molecule has 0 spiro atoms. The van der Waals surface area contributed by atoms with E-state index in [9.17, 15) is 18.0 Å². The summed E-state index contributed by atoms with van der Waals surface area (Å²) in [5.74, 6) is -0.472. The molecule has 0 unspecified atom stereocenters. The number of carbonyl (C=O) groups is 2. The fraction of sp³-hybridized carbons (Fsp3) is 0.579. The van der Waals surface area contributed by atoms with Crippen LogP contribution in [0.4, 0.5) is 0 Å². The van der Waals surface area contributed by atoms with Crippen molar-refractivity contribution in [1.29, 1.82) is 0 Å². The fourth-order valence-electron chi connectivity index (χ4n) is 3.69. The molecule has 2 saturated heterocycles. The first-order chi connectivity index (χ1) is 14.2. The lowest BCUT2D eigenvalue weighted by molar-refractivity contribution is -0.146. The van der Waals surface area contributed by atoms with E-state index in [1.165, 1.54) is 16.2 Å². The molecule has 3 rings (SSSR count). The molecule has 0 bridgehead atoms. The van der Waals surface area contributed by atoms with E-state index >= 15 is 0 Å². The van der Waals surface area contributed by atoms with Gasteiger partial charge >= 0.3 is 0 Å². The molecule has 0 aliphatic carbocycles. The normalized spacial score (nSPS) is 21.9. The molecule has 0 radical (unpaired) electrons. The predicted octanol–water partition coefficient (Wildman–Crippen LogP) is 1.92. The number of hydrogen-bond donors (Lipinski definition) is 1. The van der Waals surface area contributed by atoms with E-state index in [-0.39, 0.29) is 11.8 Å². The highest BCUT2D eigenvalue weighted by atomic mass is 35.5. The van der Waals surface area contributed by atoms with Crippen LogP contribution >= 0.6 is 22.9 Å². The van der Waals surface area contributed by atoms with Gasteiger partial charge in [-0.15, -0.1) is 11.3 Å². The number of thiophene rings is 1. The SMILES string of the molecule is CC[C@@H](C(=O)N1CCOCC1)N1CC[C@H](NS(=O)(=O)C=C(C)c2ccc(Cl)s2)C1=O. The van der Waals surface area contributed by atoms with Crippen LogP contribution in [0, 0.1) is 0 Å². The van der Waals surface area contributed by atoms with Gasteiger partial charge in [0, 0.05) is 24.5 Å². The van der Waals surface area contributed by atoms with Crippen molar-refractivity contribution in [3.05, 3.63) is 26.8 Å². The van der Waals surface area contributed by atoms with Crippen molar-refractivity contribution in [2.24, 2.45) is 0 Å². The van der Waals surface area contributed by atoms with Crippen molar-refractivity contribution in [3.8, 4) is 0 Å². The highest BCUT2D eigenvalue weighted by Gasteiger charge is 2.40. The minimum absolute atomic E-state index is 0.108. The Morgan fingerprint density at radius 1 is 1.37 bits per heavy atom. The molecule has 1 aromatic heterocycles. The van der Waals surface area contributed by atoms with Crippen molar-refractivity contribution in [2.75, 3.05) is 32.8 Å². The van der Waals surface area contributed by atoms with E-state index in [1.54, 1.807) is 24.0 Å². The molecule has 1 N–H and O–H groups in total. The number of ether oxygens (including phenoxy) is 1. The Hall–Kier alpha value is -1.46. The zero-order chi connectivity index (χ0) is 21.9. The Balaban J connectivity index is 1.67. The molecule has 0 saturated carbocycles. The second kappa shape index (κ2) is 9.78. The molecule has 3 heterocycles. The number of rotatable bonds is 7. The molecule has 2 aliphatic heterocycles. The van der Waals surface area contributed by atoms with Crippen molar-refractivity contribution in [2.45, 2.75) is 38.8 Å². The summed E-state index contributed by atoms with van der Waals surface area (Å²) in [6.07, 6.45) is 0.794. The summed E-state index contributed by atoms with van der Waals surface area (Å²) in [6.45, 7) is 5.85. The Bertz CT molecular complexity index is 924. The van der Waals surface area contributed by atoms with Crippen LogP contribution in [0.25, 0.3) is 5.57 Å². The van der Waals surface area contributed by atoms with Gasteiger partial charge in [0.25, 0.3) is 0 Å². The second-order valence-electron chi connectivity index (χ2n) is 7.30. The molecule has 2 aliphatic rings. The van der Waals surface area contributed by atoms with Gasteiger partial charge in [-0.2, -0.15) is 4.72 Å². The Morgan fingerprint density at radius 2 is 2.07 bits per heavy atom. The maximum Gasteiger partial charge on any atom is 0.245 e. The molecule has 8 nitrogen and oxygen atoms in total. The number of morpholine rings is 1. The largest absolute Gasteiger partial charge is 0.378 e. The zero-order valence-electron chi connectivity index (χ0n) is 17.0. The van der Waals surface area contributed by atoms with Crippen molar-refractivity contribution in [3.63, 3.8) is 0 Å². The number of nitrogens with zero attached hydrogens (tertiary/aromatic N) is 2. The van der Waals surface area contributed by atoms with E-state index < -0.39 is 22.1 Å². The van der Waals surface area contributed by atoms with Crippen LogP contribution in [-0.4, -0.2) is 75.0 Å². The van der Waals surface area contributed by atoms with Crippen LogP contribution in [0.1, 0.15) is 31.6 Å². The minimum Gasteiger partial charge on any atom is -0.378 e. The van der Waals surface area contributed by atoms with Crippen LogP contribution in [0.3, 0.4) is 0 Å². The van der Waals surface area contributed by atoms with Crippen LogP contribution in [0.2, 0.25) is 4.34 Å². The maximum absolute atomic E-state index is 12.9. The summed E-state index contributed by atoms with van der Waals surface area (Å²) in [6, 6.07) is 1.99. The van der Waals surface area contributed by atoms with Crippen molar-refractivity contribution >= 4 is 50.3 Å². The number of likely N-dealkylation sites (tertiary alicyclic amines) is 1. The number of sulfonamides is 1. The molecule has 11 heteroatoms. The van der Waals surface area contributed by atoms with E-state index in [4.69, 9.17) is 16.3 Å². The molecular formula is C19H26ClN3O5S2. The fourth-order valence-corrected chi connectivity index (χ4v) is 6.06. The number of hydrogen-bond acceptors (Lipinski definition) is 6. The van der Waals surface area contributed by atoms with Crippen LogP contribution in [0.15, 0.2) is 17.5 Å². The van der Waals surface area contributed by atoms with Gasteiger partial charge in [-0.1, -0.05) is 18.5 Å². The lowest BCUT2D eigenvalue weighted by Gasteiger charge is -2.34. The lowest BCUT2D eigenvalue weighted by Crippen LogP contribution is -2.53. The van der Waals surface area contributed by atoms with Gasteiger partial charge in [-0.25, -0.2) is 8.42 Å². The Labute approximate surface area is 185 Å². The van der Waals surface area contributed by atoms with Crippen molar-refractivity contribution < 1.29 is 22.7 Å². The van der Waals surface area contributed by atoms with Crippen LogP contribution in [0.5, 0.6) is 0 Å². The number of carbonyl (C=O) groups excluding carboxylic acids is 2. The van der Waals surface area contributed by atoms with Gasteiger partial charge in [-0.3, -0.25) is 9.59 Å². The first-order valence-corrected chi connectivity index (χ1v) is 12.6.